The largest absolute Gasteiger partial charge is 0.325 e. The molecule has 2 N–H and O–H groups in total. The summed E-state index contributed by atoms with van der Waals surface area (Å²) in [5, 5.41) is 15.2. The lowest BCUT2D eigenvalue weighted by Gasteiger charge is -2.04. The smallest absolute Gasteiger partial charge is 0.308 e. The van der Waals surface area contributed by atoms with Crippen LogP contribution in [0.1, 0.15) is 5.56 Å². The fourth-order valence-corrected chi connectivity index (χ4v) is 2.92. The Bertz CT molecular complexity index is 849. The third kappa shape index (κ3) is 4.06. The number of hydrogen-bond acceptors (Lipinski definition) is 4. The zero-order valence-corrected chi connectivity index (χ0v) is 13.8. The van der Waals surface area contributed by atoms with Crippen molar-refractivity contribution in [2.24, 2.45) is 0 Å². The number of aryl methyl sites for hydroxylation is 1. The van der Waals surface area contributed by atoms with Crippen LogP contribution in [0, 0.1) is 6.92 Å². The molecule has 0 fully saturated rings. The number of carbonyl (C=O) groups excluding carboxylic acids is 1. The van der Waals surface area contributed by atoms with Gasteiger partial charge in [0.05, 0.1) is 0 Å². The lowest BCUT2D eigenvalue weighted by Crippen LogP contribution is -2.19. The van der Waals surface area contributed by atoms with Crippen molar-refractivity contribution in [3.63, 3.8) is 0 Å². The van der Waals surface area contributed by atoms with Crippen LogP contribution in [0.15, 0.2) is 48.5 Å². The van der Waals surface area contributed by atoms with Gasteiger partial charge < -0.3 is 5.32 Å². The predicted octanol–water partition coefficient (Wildman–Crippen LogP) is 4.81. The summed E-state index contributed by atoms with van der Waals surface area (Å²) in [5.74, 6) is 0. The molecule has 7 heteroatoms. The minimum atomic E-state index is -0.390. The van der Waals surface area contributed by atoms with E-state index in [0.717, 1.165) is 16.1 Å². The van der Waals surface area contributed by atoms with Crippen LogP contribution in [0.4, 0.5) is 15.6 Å². The number of hydrogen-bond donors (Lipinski definition) is 2. The second kappa shape index (κ2) is 6.76. The number of rotatable bonds is 3. The lowest BCUT2D eigenvalue weighted by atomic mass is 10.1. The van der Waals surface area contributed by atoms with E-state index in [1.54, 1.807) is 24.3 Å². The highest BCUT2D eigenvalue weighted by Gasteiger charge is 2.10. The average molecular weight is 345 g/mol. The molecular formula is C16H13ClN4OS. The molecule has 116 valence electrons. The summed E-state index contributed by atoms with van der Waals surface area (Å²) in [6.07, 6.45) is 0. The molecule has 2 amide bonds. The molecule has 2 aromatic carbocycles. The fourth-order valence-electron chi connectivity index (χ4n) is 1.99. The van der Waals surface area contributed by atoms with Gasteiger partial charge in [-0.25, -0.2) is 4.79 Å². The molecule has 0 aliphatic heterocycles. The minimum Gasteiger partial charge on any atom is -0.308 e. The quantitative estimate of drug-likeness (QED) is 0.716. The van der Waals surface area contributed by atoms with Crippen LogP contribution in [0.25, 0.3) is 10.6 Å². The molecule has 1 heterocycles. The lowest BCUT2D eigenvalue weighted by molar-refractivity contribution is 0.262. The molecule has 0 aliphatic carbocycles. The molecule has 0 bridgehead atoms. The molecule has 5 nitrogen and oxygen atoms in total. The number of halogens is 1. The second-order valence-electron chi connectivity index (χ2n) is 4.87. The average Bonchev–Trinajstić information content (AvgIpc) is 2.95. The van der Waals surface area contributed by atoms with Gasteiger partial charge in [0.25, 0.3) is 0 Å². The molecule has 0 aliphatic rings. The van der Waals surface area contributed by atoms with E-state index in [1.165, 1.54) is 11.3 Å². The Labute approximate surface area is 142 Å². The zero-order chi connectivity index (χ0) is 16.2. The first kappa shape index (κ1) is 15.5. The maximum Gasteiger partial charge on any atom is 0.325 e. The van der Waals surface area contributed by atoms with Crippen LogP contribution < -0.4 is 10.6 Å². The Hall–Kier alpha value is -2.44. The molecule has 0 atom stereocenters. The van der Waals surface area contributed by atoms with Gasteiger partial charge in [0.15, 0.2) is 0 Å². The fraction of sp³-hybridized carbons (Fsp3) is 0.0625. The highest BCUT2D eigenvalue weighted by atomic mass is 35.5. The monoisotopic (exact) mass is 344 g/mol. The van der Waals surface area contributed by atoms with E-state index in [9.17, 15) is 4.79 Å². The van der Waals surface area contributed by atoms with Gasteiger partial charge >= 0.3 is 6.03 Å². The van der Waals surface area contributed by atoms with Crippen molar-refractivity contribution in [1.29, 1.82) is 0 Å². The van der Waals surface area contributed by atoms with E-state index >= 15 is 0 Å². The molecule has 23 heavy (non-hydrogen) atoms. The summed E-state index contributed by atoms with van der Waals surface area (Å²) < 4.78 is 0. The van der Waals surface area contributed by atoms with E-state index in [4.69, 9.17) is 11.6 Å². The number of anilines is 2. The first-order valence-electron chi connectivity index (χ1n) is 6.84. The SMILES string of the molecule is Cc1cccc(-c2nnc(NC(=O)Nc3cccc(Cl)c3)s2)c1. The molecule has 3 aromatic rings. The highest BCUT2D eigenvalue weighted by Crippen LogP contribution is 2.27. The van der Waals surface area contributed by atoms with Gasteiger partial charge in [-0.3, -0.25) is 5.32 Å². The molecule has 0 saturated carbocycles. The number of urea groups is 1. The summed E-state index contributed by atoms with van der Waals surface area (Å²) in [5.41, 5.74) is 2.73. The van der Waals surface area contributed by atoms with Crippen molar-refractivity contribution in [2.75, 3.05) is 10.6 Å². The van der Waals surface area contributed by atoms with E-state index < -0.39 is 0 Å². The topological polar surface area (TPSA) is 66.9 Å². The zero-order valence-electron chi connectivity index (χ0n) is 12.2. The predicted molar refractivity (Wildman–Crippen MR) is 94.2 cm³/mol. The maximum absolute atomic E-state index is 12.0. The highest BCUT2D eigenvalue weighted by molar-refractivity contribution is 7.18. The number of nitrogens with one attached hydrogen (secondary N) is 2. The molecule has 0 saturated heterocycles. The molecular weight excluding hydrogens is 332 g/mol. The molecule has 0 spiro atoms. The number of nitrogens with zero attached hydrogens (tertiary/aromatic N) is 2. The van der Waals surface area contributed by atoms with Gasteiger partial charge in [0, 0.05) is 16.3 Å². The van der Waals surface area contributed by atoms with Crippen molar-refractivity contribution in [3.8, 4) is 10.6 Å². The number of amides is 2. The Balaban J connectivity index is 1.68. The minimum absolute atomic E-state index is 0.390. The van der Waals surface area contributed by atoms with Gasteiger partial charge in [-0.2, -0.15) is 0 Å². The first-order valence-corrected chi connectivity index (χ1v) is 8.04. The first-order chi connectivity index (χ1) is 11.1. The normalized spacial score (nSPS) is 10.3. The van der Waals surface area contributed by atoms with Crippen LogP contribution in [-0.2, 0) is 0 Å². The Morgan fingerprint density at radius 3 is 2.70 bits per heavy atom. The van der Waals surface area contributed by atoms with E-state index in [0.29, 0.717) is 15.8 Å². The summed E-state index contributed by atoms with van der Waals surface area (Å²) in [4.78, 5) is 12.0. The van der Waals surface area contributed by atoms with Crippen molar-refractivity contribution in [3.05, 3.63) is 59.1 Å². The molecule has 3 rings (SSSR count). The Morgan fingerprint density at radius 2 is 1.91 bits per heavy atom. The van der Waals surface area contributed by atoms with Gasteiger partial charge in [-0.1, -0.05) is 52.8 Å². The third-order valence-electron chi connectivity index (χ3n) is 2.99. The summed E-state index contributed by atoms with van der Waals surface area (Å²) >= 11 is 7.20. The van der Waals surface area contributed by atoms with E-state index in [1.807, 2.05) is 31.2 Å². The summed E-state index contributed by atoms with van der Waals surface area (Å²) in [6.45, 7) is 2.02. The standard InChI is InChI=1S/C16H13ClN4OS/c1-10-4-2-5-11(8-10)14-20-21-16(23-14)19-15(22)18-13-7-3-6-12(17)9-13/h2-9H,1H3,(H2,18,19,21,22). The maximum atomic E-state index is 12.0. The van der Waals surface area contributed by atoms with Crippen molar-refractivity contribution >= 4 is 39.8 Å². The van der Waals surface area contributed by atoms with Gasteiger partial charge in [-0.05, 0) is 31.2 Å². The third-order valence-corrected chi connectivity index (χ3v) is 4.12. The van der Waals surface area contributed by atoms with Gasteiger partial charge in [0.2, 0.25) is 5.13 Å². The summed E-state index contributed by atoms with van der Waals surface area (Å²) in [6, 6.07) is 14.5. The Morgan fingerprint density at radius 1 is 1.09 bits per heavy atom. The summed E-state index contributed by atoms with van der Waals surface area (Å²) in [7, 11) is 0. The van der Waals surface area contributed by atoms with Gasteiger partial charge in [-0.15, -0.1) is 10.2 Å². The van der Waals surface area contributed by atoms with Crippen molar-refractivity contribution in [2.45, 2.75) is 6.92 Å². The second-order valence-corrected chi connectivity index (χ2v) is 6.29. The number of benzene rings is 2. The van der Waals surface area contributed by atoms with Crippen LogP contribution in [0.2, 0.25) is 5.02 Å². The number of aromatic nitrogens is 2. The molecule has 0 radical (unpaired) electrons. The Kier molecular flexibility index (Phi) is 4.55. The van der Waals surface area contributed by atoms with E-state index in [-0.39, 0.29) is 6.03 Å². The van der Waals surface area contributed by atoms with Crippen molar-refractivity contribution < 1.29 is 4.79 Å². The molecule has 1 aromatic heterocycles. The van der Waals surface area contributed by atoms with Crippen molar-refractivity contribution in [1.82, 2.24) is 10.2 Å². The number of carbonyl (C=O) groups is 1. The van der Waals surface area contributed by atoms with Crippen LogP contribution >= 0.6 is 22.9 Å². The molecule has 0 unspecified atom stereocenters. The van der Waals surface area contributed by atoms with Gasteiger partial charge in [0.1, 0.15) is 5.01 Å². The van der Waals surface area contributed by atoms with Crippen LogP contribution in [0.5, 0.6) is 0 Å². The van der Waals surface area contributed by atoms with E-state index in [2.05, 4.69) is 20.8 Å². The van der Waals surface area contributed by atoms with Crippen LogP contribution in [-0.4, -0.2) is 16.2 Å². The van der Waals surface area contributed by atoms with Crippen LogP contribution in [0.3, 0.4) is 0 Å².